The van der Waals surface area contributed by atoms with E-state index in [0.717, 1.165) is 11.1 Å². The van der Waals surface area contributed by atoms with Crippen molar-refractivity contribution in [2.75, 3.05) is 0 Å². The molecule has 0 aromatic heterocycles. The lowest BCUT2D eigenvalue weighted by Crippen LogP contribution is -1.95. The van der Waals surface area contributed by atoms with E-state index in [-0.39, 0.29) is 11.5 Å². The number of phenolic OH excluding ortho intramolecular Hbond substituents is 1. The van der Waals surface area contributed by atoms with E-state index in [2.05, 4.69) is 11.8 Å². The van der Waals surface area contributed by atoms with Crippen LogP contribution < -0.4 is 0 Å². The minimum Gasteiger partial charge on any atom is -0.507 e. The van der Waals surface area contributed by atoms with Crippen molar-refractivity contribution in [1.82, 2.24) is 0 Å². The predicted octanol–water partition coefficient (Wildman–Crippen LogP) is 3.49. The molecule has 0 saturated carbocycles. The quantitative estimate of drug-likeness (QED) is 0.511. The van der Waals surface area contributed by atoms with Gasteiger partial charge >= 0.3 is 0 Å². The summed E-state index contributed by atoms with van der Waals surface area (Å²) in [6.07, 6.45) is 2.86. The Labute approximate surface area is 118 Å². The predicted molar refractivity (Wildman–Crippen MR) is 79.6 cm³/mol. The minimum absolute atomic E-state index is 0.0127. The number of carbonyl (C=O) groups excluding carboxylic acids is 1. The van der Waals surface area contributed by atoms with E-state index in [9.17, 15) is 9.90 Å². The molecule has 2 aromatic rings. The van der Waals surface area contributed by atoms with Gasteiger partial charge in [0.25, 0.3) is 0 Å². The van der Waals surface area contributed by atoms with Gasteiger partial charge < -0.3 is 5.11 Å². The maximum Gasteiger partial charge on any atom is 0.190 e. The zero-order valence-electron chi connectivity index (χ0n) is 11.1. The third-order valence-corrected chi connectivity index (χ3v) is 2.73. The Bertz CT molecular complexity index is 701. The summed E-state index contributed by atoms with van der Waals surface area (Å²) >= 11 is 0. The molecule has 2 aromatic carbocycles. The molecule has 98 valence electrons. The topological polar surface area (TPSA) is 37.3 Å². The molecule has 2 heteroatoms. The number of rotatable bonds is 2. The molecule has 20 heavy (non-hydrogen) atoms. The van der Waals surface area contributed by atoms with Crippen LogP contribution in [0.2, 0.25) is 0 Å². The second kappa shape index (κ2) is 6.40. The second-order valence-corrected chi connectivity index (χ2v) is 4.35. The average molecular weight is 262 g/mol. The Kier molecular flexibility index (Phi) is 4.36. The van der Waals surface area contributed by atoms with Crippen LogP contribution in [0.5, 0.6) is 5.75 Å². The monoisotopic (exact) mass is 262 g/mol. The molecule has 0 aliphatic heterocycles. The van der Waals surface area contributed by atoms with Crippen molar-refractivity contribution >= 4 is 5.78 Å². The molecule has 0 bridgehead atoms. The lowest BCUT2D eigenvalue weighted by molar-refractivity contribution is 0.104. The molecular weight excluding hydrogens is 248 g/mol. The highest BCUT2D eigenvalue weighted by Gasteiger charge is 2.07. The Morgan fingerprint density at radius 1 is 1.15 bits per heavy atom. The van der Waals surface area contributed by atoms with Crippen molar-refractivity contribution in [2.45, 2.75) is 6.92 Å². The van der Waals surface area contributed by atoms with Crippen LogP contribution in [-0.2, 0) is 0 Å². The average Bonchev–Trinajstić information content (AvgIpc) is 2.47. The van der Waals surface area contributed by atoms with Crippen molar-refractivity contribution in [3.63, 3.8) is 0 Å². The molecule has 0 amide bonds. The number of carbonyl (C=O) groups is 1. The van der Waals surface area contributed by atoms with Crippen LogP contribution in [0.25, 0.3) is 0 Å². The standard InChI is InChI=1S/C18H14O2/c1-14-11-12-18(20)16(13-14)17(19)10-6-5-9-15-7-3-2-4-8-15/h2-4,6-8,10-13,20H,1H3/b10-6+. The molecular formula is C18H14O2. The van der Waals surface area contributed by atoms with Crippen LogP contribution in [-0.4, -0.2) is 10.9 Å². The fourth-order valence-corrected chi connectivity index (χ4v) is 1.70. The first kappa shape index (κ1) is 13.6. The number of ketones is 1. The van der Waals surface area contributed by atoms with Crippen LogP contribution in [0.15, 0.2) is 60.7 Å². The number of hydrogen-bond donors (Lipinski definition) is 1. The number of aromatic hydroxyl groups is 1. The van der Waals surface area contributed by atoms with Crippen molar-refractivity contribution in [3.05, 3.63) is 77.4 Å². The Morgan fingerprint density at radius 3 is 2.65 bits per heavy atom. The van der Waals surface area contributed by atoms with Crippen molar-refractivity contribution < 1.29 is 9.90 Å². The summed E-state index contributed by atoms with van der Waals surface area (Å²) in [5.74, 6) is 5.46. The summed E-state index contributed by atoms with van der Waals surface area (Å²) in [5, 5.41) is 9.65. The summed E-state index contributed by atoms with van der Waals surface area (Å²) < 4.78 is 0. The van der Waals surface area contributed by atoms with Gasteiger partial charge in [0.1, 0.15) is 5.75 Å². The highest BCUT2D eigenvalue weighted by molar-refractivity contribution is 6.06. The Balaban J connectivity index is 2.10. The van der Waals surface area contributed by atoms with E-state index in [1.165, 1.54) is 18.2 Å². The van der Waals surface area contributed by atoms with E-state index in [1.54, 1.807) is 12.1 Å². The van der Waals surface area contributed by atoms with Crippen molar-refractivity contribution in [2.24, 2.45) is 0 Å². The van der Waals surface area contributed by atoms with Crippen LogP contribution in [0, 0.1) is 18.8 Å². The fourth-order valence-electron chi connectivity index (χ4n) is 1.70. The molecule has 0 unspecified atom stereocenters. The zero-order valence-corrected chi connectivity index (χ0v) is 11.1. The van der Waals surface area contributed by atoms with Crippen molar-refractivity contribution in [3.8, 4) is 17.6 Å². The molecule has 0 fully saturated rings. The number of aryl methyl sites for hydroxylation is 1. The van der Waals surface area contributed by atoms with Gasteiger partial charge in [0.15, 0.2) is 5.78 Å². The van der Waals surface area contributed by atoms with Crippen LogP contribution in [0.3, 0.4) is 0 Å². The molecule has 0 radical (unpaired) electrons. The largest absolute Gasteiger partial charge is 0.507 e. The van der Waals surface area contributed by atoms with Gasteiger partial charge in [-0.3, -0.25) is 4.79 Å². The maximum atomic E-state index is 11.9. The highest BCUT2D eigenvalue weighted by Crippen LogP contribution is 2.18. The third-order valence-electron chi connectivity index (χ3n) is 2.73. The molecule has 0 aliphatic carbocycles. The van der Waals surface area contributed by atoms with E-state index in [0.29, 0.717) is 5.56 Å². The fraction of sp³-hybridized carbons (Fsp3) is 0.0556. The lowest BCUT2D eigenvalue weighted by atomic mass is 10.1. The molecule has 0 aliphatic rings. The normalized spacial score (nSPS) is 10.1. The summed E-state index contributed by atoms with van der Waals surface area (Å²) in [6, 6.07) is 14.5. The first-order valence-electron chi connectivity index (χ1n) is 6.24. The van der Waals surface area contributed by atoms with Gasteiger partial charge in [-0.05, 0) is 43.3 Å². The Morgan fingerprint density at radius 2 is 1.90 bits per heavy atom. The summed E-state index contributed by atoms with van der Waals surface area (Å²) in [4.78, 5) is 11.9. The van der Waals surface area contributed by atoms with Gasteiger partial charge in [0.2, 0.25) is 0 Å². The third kappa shape index (κ3) is 3.60. The number of hydrogen-bond acceptors (Lipinski definition) is 2. The zero-order chi connectivity index (χ0) is 14.4. The van der Waals surface area contributed by atoms with E-state index in [4.69, 9.17) is 0 Å². The van der Waals surface area contributed by atoms with Crippen molar-refractivity contribution in [1.29, 1.82) is 0 Å². The molecule has 0 atom stereocenters. The Hall–Kier alpha value is -2.79. The van der Waals surface area contributed by atoms with Crippen LogP contribution in [0.1, 0.15) is 21.5 Å². The van der Waals surface area contributed by atoms with Crippen LogP contribution >= 0.6 is 0 Å². The highest BCUT2D eigenvalue weighted by atomic mass is 16.3. The van der Waals surface area contributed by atoms with Gasteiger partial charge in [0, 0.05) is 5.56 Å². The molecule has 0 heterocycles. The SMILES string of the molecule is Cc1ccc(O)c(C(=O)/C=C/C#Cc2ccccc2)c1. The first-order valence-corrected chi connectivity index (χ1v) is 6.24. The van der Waals surface area contributed by atoms with E-state index in [1.807, 2.05) is 37.3 Å². The summed E-state index contributed by atoms with van der Waals surface area (Å²) in [5.41, 5.74) is 2.11. The van der Waals surface area contributed by atoms with Gasteiger partial charge in [-0.15, -0.1) is 0 Å². The molecule has 0 saturated heterocycles. The van der Waals surface area contributed by atoms with Gasteiger partial charge in [-0.1, -0.05) is 41.7 Å². The second-order valence-electron chi connectivity index (χ2n) is 4.35. The molecule has 2 nitrogen and oxygen atoms in total. The summed E-state index contributed by atoms with van der Waals surface area (Å²) in [7, 11) is 0. The number of allylic oxidation sites excluding steroid dienone is 2. The minimum atomic E-state index is -0.256. The van der Waals surface area contributed by atoms with Gasteiger partial charge in [-0.2, -0.15) is 0 Å². The smallest absolute Gasteiger partial charge is 0.190 e. The van der Waals surface area contributed by atoms with Crippen LogP contribution in [0.4, 0.5) is 0 Å². The van der Waals surface area contributed by atoms with E-state index >= 15 is 0 Å². The maximum absolute atomic E-state index is 11.9. The lowest BCUT2D eigenvalue weighted by Gasteiger charge is -2.01. The molecule has 2 rings (SSSR count). The molecule has 1 N–H and O–H groups in total. The molecule has 0 spiro atoms. The number of phenols is 1. The first-order chi connectivity index (χ1) is 9.66. The summed E-state index contributed by atoms with van der Waals surface area (Å²) in [6.45, 7) is 1.87. The van der Waals surface area contributed by atoms with Gasteiger partial charge in [-0.25, -0.2) is 0 Å². The number of benzene rings is 2. The van der Waals surface area contributed by atoms with E-state index < -0.39 is 0 Å². The van der Waals surface area contributed by atoms with Gasteiger partial charge in [0.05, 0.1) is 5.56 Å².